The standard InChI is InChI=1S/C23H33N7O/c1-24-23(29-12-13-30(22(31)18-29)21-15-26-27(2)17-21)25-14-20-9-11-28(16-20)10-8-19-6-4-3-5-7-19/h3-7,15,17,20H,8-14,16,18H2,1-2H3,(H,24,25). The Kier molecular flexibility index (Phi) is 6.86. The minimum absolute atomic E-state index is 0.0788. The van der Waals surface area contributed by atoms with Gasteiger partial charge in [0.25, 0.3) is 0 Å². The number of rotatable bonds is 6. The van der Waals surface area contributed by atoms with Crippen LogP contribution < -0.4 is 10.2 Å². The number of likely N-dealkylation sites (tertiary alicyclic amines) is 1. The van der Waals surface area contributed by atoms with E-state index in [4.69, 9.17) is 0 Å². The molecule has 1 unspecified atom stereocenters. The van der Waals surface area contributed by atoms with Crippen LogP contribution in [0.15, 0.2) is 47.7 Å². The van der Waals surface area contributed by atoms with Gasteiger partial charge in [-0.15, -0.1) is 0 Å². The number of amides is 1. The predicted octanol–water partition coefficient (Wildman–Crippen LogP) is 1.21. The van der Waals surface area contributed by atoms with Crippen molar-refractivity contribution in [2.45, 2.75) is 12.8 Å². The smallest absolute Gasteiger partial charge is 0.246 e. The molecule has 0 saturated carbocycles. The van der Waals surface area contributed by atoms with Gasteiger partial charge in [0.05, 0.1) is 11.9 Å². The summed E-state index contributed by atoms with van der Waals surface area (Å²) in [4.78, 5) is 23.5. The summed E-state index contributed by atoms with van der Waals surface area (Å²) in [6, 6.07) is 10.7. The van der Waals surface area contributed by atoms with Crippen molar-refractivity contribution in [1.82, 2.24) is 24.9 Å². The second kappa shape index (κ2) is 9.96. The fourth-order valence-electron chi connectivity index (χ4n) is 4.46. The Bertz CT molecular complexity index is 894. The zero-order valence-corrected chi connectivity index (χ0v) is 18.6. The van der Waals surface area contributed by atoms with Crippen LogP contribution in [0.2, 0.25) is 0 Å². The van der Waals surface area contributed by atoms with E-state index in [0.717, 1.165) is 50.8 Å². The summed E-state index contributed by atoms with van der Waals surface area (Å²) in [5, 5.41) is 7.69. The van der Waals surface area contributed by atoms with Crippen LogP contribution in [0.3, 0.4) is 0 Å². The zero-order valence-electron chi connectivity index (χ0n) is 18.6. The number of anilines is 1. The van der Waals surface area contributed by atoms with Crippen molar-refractivity contribution in [3.8, 4) is 0 Å². The minimum Gasteiger partial charge on any atom is -0.356 e. The fraction of sp³-hybridized carbons (Fsp3) is 0.522. The number of hydrogen-bond acceptors (Lipinski definition) is 4. The number of hydrogen-bond donors (Lipinski definition) is 1. The number of carbonyl (C=O) groups is 1. The Balaban J connectivity index is 1.22. The second-order valence-corrected chi connectivity index (χ2v) is 8.46. The molecule has 8 nitrogen and oxygen atoms in total. The third-order valence-corrected chi connectivity index (χ3v) is 6.21. The Morgan fingerprint density at radius 3 is 2.77 bits per heavy atom. The number of nitrogens with one attached hydrogen (secondary N) is 1. The minimum atomic E-state index is 0.0788. The molecule has 0 spiro atoms. The molecule has 2 aliphatic rings. The van der Waals surface area contributed by atoms with Crippen LogP contribution in [-0.4, -0.2) is 84.3 Å². The SMILES string of the molecule is CN=C(NCC1CCN(CCc2ccccc2)C1)N1CCN(c2cnn(C)c2)C(=O)C1. The van der Waals surface area contributed by atoms with E-state index >= 15 is 0 Å². The summed E-state index contributed by atoms with van der Waals surface area (Å²) in [5.41, 5.74) is 2.26. The molecule has 0 radical (unpaired) electrons. The summed E-state index contributed by atoms with van der Waals surface area (Å²) in [7, 11) is 3.66. The van der Waals surface area contributed by atoms with Gasteiger partial charge in [-0.2, -0.15) is 5.10 Å². The first-order chi connectivity index (χ1) is 15.1. The van der Waals surface area contributed by atoms with Gasteiger partial charge in [-0.25, -0.2) is 0 Å². The first kappa shape index (κ1) is 21.4. The van der Waals surface area contributed by atoms with Gasteiger partial charge in [0, 0.05) is 53.0 Å². The van der Waals surface area contributed by atoms with Crippen molar-refractivity contribution in [2.24, 2.45) is 18.0 Å². The van der Waals surface area contributed by atoms with E-state index in [1.54, 1.807) is 22.8 Å². The molecule has 2 aliphatic heterocycles. The van der Waals surface area contributed by atoms with E-state index in [-0.39, 0.29) is 5.91 Å². The van der Waals surface area contributed by atoms with Crippen LogP contribution >= 0.6 is 0 Å². The highest BCUT2D eigenvalue weighted by atomic mass is 16.2. The number of aryl methyl sites for hydroxylation is 1. The molecule has 2 fully saturated rings. The van der Waals surface area contributed by atoms with Crippen molar-refractivity contribution < 1.29 is 4.79 Å². The van der Waals surface area contributed by atoms with E-state index in [9.17, 15) is 4.79 Å². The molecule has 8 heteroatoms. The number of aliphatic imine (C=N–C) groups is 1. The molecule has 2 aromatic rings. The summed E-state index contributed by atoms with van der Waals surface area (Å²) in [5.74, 6) is 1.51. The molecule has 3 heterocycles. The number of nitrogens with zero attached hydrogens (tertiary/aromatic N) is 6. The average Bonchev–Trinajstić information content (AvgIpc) is 3.42. The van der Waals surface area contributed by atoms with Gasteiger partial charge in [0.1, 0.15) is 6.54 Å². The summed E-state index contributed by atoms with van der Waals surface area (Å²) in [6.45, 7) is 6.01. The van der Waals surface area contributed by atoms with Crippen molar-refractivity contribution >= 4 is 17.6 Å². The molecule has 1 N–H and O–H groups in total. The molecule has 1 aromatic carbocycles. The van der Waals surface area contributed by atoms with Gasteiger partial charge in [-0.1, -0.05) is 30.3 Å². The highest BCUT2D eigenvalue weighted by Gasteiger charge is 2.28. The number of aromatic nitrogens is 2. The Hall–Kier alpha value is -2.87. The third-order valence-electron chi connectivity index (χ3n) is 6.21. The summed E-state index contributed by atoms with van der Waals surface area (Å²) in [6.07, 6.45) is 5.92. The average molecular weight is 424 g/mol. The van der Waals surface area contributed by atoms with Gasteiger partial charge in [-0.05, 0) is 30.9 Å². The van der Waals surface area contributed by atoms with Crippen LogP contribution in [0.4, 0.5) is 5.69 Å². The first-order valence-corrected chi connectivity index (χ1v) is 11.1. The fourth-order valence-corrected chi connectivity index (χ4v) is 4.46. The topological polar surface area (TPSA) is 69.0 Å². The molecule has 1 aromatic heterocycles. The van der Waals surface area contributed by atoms with Crippen molar-refractivity contribution in [3.63, 3.8) is 0 Å². The van der Waals surface area contributed by atoms with E-state index < -0.39 is 0 Å². The highest BCUT2D eigenvalue weighted by Crippen LogP contribution is 2.18. The molecular formula is C23H33N7O. The van der Waals surface area contributed by atoms with Crippen LogP contribution in [0.5, 0.6) is 0 Å². The number of piperazine rings is 1. The van der Waals surface area contributed by atoms with Crippen molar-refractivity contribution in [1.29, 1.82) is 0 Å². The van der Waals surface area contributed by atoms with Gasteiger partial charge >= 0.3 is 0 Å². The summed E-state index contributed by atoms with van der Waals surface area (Å²) < 4.78 is 1.72. The lowest BCUT2D eigenvalue weighted by atomic mass is 10.1. The Morgan fingerprint density at radius 2 is 2.06 bits per heavy atom. The molecule has 0 bridgehead atoms. The van der Waals surface area contributed by atoms with Crippen molar-refractivity contribution in [2.75, 3.05) is 57.8 Å². The second-order valence-electron chi connectivity index (χ2n) is 8.46. The predicted molar refractivity (Wildman–Crippen MR) is 123 cm³/mol. The monoisotopic (exact) mass is 423 g/mol. The summed E-state index contributed by atoms with van der Waals surface area (Å²) >= 11 is 0. The largest absolute Gasteiger partial charge is 0.356 e. The highest BCUT2D eigenvalue weighted by molar-refractivity contribution is 5.98. The molecule has 2 saturated heterocycles. The Labute approximate surface area is 184 Å². The maximum Gasteiger partial charge on any atom is 0.246 e. The lowest BCUT2D eigenvalue weighted by molar-refractivity contribution is -0.120. The quantitative estimate of drug-likeness (QED) is 0.559. The van der Waals surface area contributed by atoms with E-state index in [1.807, 2.05) is 13.2 Å². The van der Waals surface area contributed by atoms with Crippen LogP contribution in [0.1, 0.15) is 12.0 Å². The van der Waals surface area contributed by atoms with Crippen LogP contribution in [0.25, 0.3) is 0 Å². The maximum atomic E-state index is 12.7. The lowest BCUT2D eigenvalue weighted by Crippen LogP contribution is -2.55. The number of guanidine groups is 1. The zero-order chi connectivity index (χ0) is 21.6. The van der Waals surface area contributed by atoms with Crippen molar-refractivity contribution in [3.05, 3.63) is 48.3 Å². The molecule has 1 atom stereocenters. The van der Waals surface area contributed by atoms with Gasteiger partial charge < -0.3 is 20.0 Å². The maximum absolute atomic E-state index is 12.7. The Morgan fingerprint density at radius 1 is 1.23 bits per heavy atom. The van der Waals surface area contributed by atoms with E-state index in [0.29, 0.717) is 19.0 Å². The lowest BCUT2D eigenvalue weighted by Gasteiger charge is -2.35. The molecular weight excluding hydrogens is 390 g/mol. The van der Waals surface area contributed by atoms with Crippen LogP contribution in [-0.2, 0) is 18.3 Å². The third kappa shape index (κ3) is 5.44. The van der Waals surface area contributed by atoms with E-state index in [2.05, 4.69) is 55.5 Å². The molecule has 166 valence electrons. The normalized spacial score (nSPS) is 20.5. The molecule has 1 amide bonds. The van der Waals surface area contributed by atoms with Gasteiger partial charge in [-0.3, -0.25) is 14.5 Å². The molecule has 4 rings (SSSR count). The van der Waals surface area contributed by atoms with Gasteiger partial charge in [0.15, 0.2) is 5.96 Å². The number of benzene rings is 1. The van der Waals surface area contributed by atoms with E-state index in [1.165, 1.54) is 12.0 Å². The molecule has 0 aliphatic carbocycles. The van der Waals surface area contributed by atoms with Crippen LogP contribution in [0, 0.1) is 5.92 Å². The number of carbonyl (C=O) groups excluding carboxylic acids is 1. The molecule has 31 heavy (non-hydrogen) atoms. The first-order valence-electron chi connectivity index (χ1n) is 11.1. The van der Waals surface area contributed by atoms with Gasteiger partial charge in [0.2, 0.25) is 5.91 Å².